The van der Waals surface area contributed by atoms with Crippen LogP contribution in [0.4, 0.5) is 5.69 Å². The number of aromatic nitrogens is 2. The molecule has 1 aromatic heterocycles. The Balaban J connectivity index is 1.67. The van der Waals surface area contributed by atoms with Crippen molar-refractivity contribution in [3.63, 3.8) is 0 Å². The Bertz CT molecular complexity index is 1080. The third-order valence-electron chi connectivity index (χ3n) is 4.97. The van der Waals surface area contributed by atoms with E-state index in [4.69, 9.17) is 16.6 Å². The highest BCUT2D eigenvalue weighted by atomic mass is 35.5. The van der Waals surface area contributed by atoms with Gasteiger partial charge in [0.05, 0.1) is 11.9 Å². The second-order valence-electron chi connectivity index (χ2n) is 6.57. The highest BCUT2D eigenvalue weighted by molar-refractivity contribution is 6.30. The summed E-state index contributed by atoms with van der Waals surface area (Å²) in [5.41, 5.74) is 2.01. The van der Waals surface area contributed by atoms with Crippen LogP contribution in [0.2, 0.25) is 5.02 Å². The van der Waals surface area contributed by atoms with Crippen molar-refractivity contribution in [3.8, 4) is 0 Å². The van der Waals surface area contributed by atoms with Crippen LogP contribution in [0, 0.1) is 0 Å². The zero-order valence-electron chi connectivity index (χ0n) is 14.7. The molecule has 7 heteroatoms. The van der Waals surface area contributed by atoms with E-state index in [2.05, 4.69) is 40.6 Å². The molecule has 2 aliphatic heterocycles. The molecule has 1 N–H and O–H groups in total. The van der Waals surface area contributed by atoms with Gasteiger partial charge in [0.25, 0.3) is 0 Å². The number of hydrogen-bond acceptors (Lipinski definition) is 5. The quantitative estimate of drug-likeness (QED) is 0.697. The highest BCUT2D eigenvalue weighted by Crippen LogP contribution is 2.32. The van der Waals surface area contributed by atoms with Crippen molar-refractivity contribution in [2.24, 2.45) is 10.1 Å². The minimum Gasteiger partial charge on any atom is -0.258 e. The fourth-order valence-corrected chi connectivity index (χ4v) is 3.80. The van der Waals surface area contributed by atoms with Gasteiger partial charge in [0.2, 0.25) is 6.17 Å². The third kappa shape index (κ3) is 2.64. The van der Waals surface area contributed by atoms with Gasteiger partial charge in [0.1, 0.15) is 11.6 Å². The van der Waals surface area contributed by atoms with E-state index >= 15 is 0 Å². The molecule has 2 aromatic carbocycles. The minimum atomic E-state index is -0.0718. The first-order valence-electron chi connectivity index (χ1n) is 8.96. The van der Waals surface area contributed by atoms with E-state index < -0.39 is 0 Å². The predicted octanol–water partition coefficient (Wildman–Crippen LogP) is 3.24. The summed E-state index contributed by atoms with van der Waals surface area (Å²) in [6, 6.07) is 15.9. The molecule has 2 atom stereocenters. The number of fused-ring (bicyclic) bond motifs is 5. The Hall–Kier alpha value is -2.99. The number of anilines is 1. The molecule has 0 aliphatic carbocycles. The largest absolute Gasteiger partial charge is 0.418 e. The fraction of sp³-hybridized carbons (Fsp3) is 0.200. The van der Waals surface area contributed by atoms with Crippen molar-refractivity contribution < 1.29 is 4.68 Å². The number of benzene rings is 2. The fourth-order valence-electron chi connectivity index (χ4n) is 3.67. The second kappa shape index (κ2) is 6.32. The van der Waals surface area contributed by atoms with E-state index in [-0.39, 0.29) is 12.1 Å². The Labute approximate surface area is 161 Å². The maximum Gasteiger partial charge on any atom is 0.418 e. The van der Waals surface area contributed by atoms with Gasteiger partial charge in [0.15, 0.2) is 0 Å². The number of halogens is 1. The standard InChI is InChI=1S/C20H18ClN6/c1-2-26-19-17(12-22-26)18-16-6-4-3-5-13(16)11-23-27(18)20(25-19)24-15-9-7-14(21)8-10-15/h3-12,17,19H,2H2,1H3,(H,24,25)/q+1. The summed E-state index contributed by atoms with van der Waals surface area (Å²) >= 11 is 6.01. The van der Waals surface area contributed by atoms with E-state index in [0.717, 1.165) is 28.7 Å². The average Bonchev–Trinajstić information content (AvgIpc) is 3.12. The molecule has 2 unspecified atom stereocenters. The second-order valence-corrected chi connectivity index (χ2v) is 7.01. The lowest BCUT2D eigenvalue weighted by Gasteiger charge is -2.25. The molecule has 3 aromatic rings. The number of hydrogen-bond donors (Lipinski definition) is 1. The molecule has 134 valence electrons. The van der Waals surface area contributed by atoms with Crippen LogP contribution in [0.1, 0.15) is 18.5 Å². The Morgan fingerprint density at radius 1 is 1.15 bits per heavy atom. The summed E-state index contributed by atoms with van der Waals surface area (Å²) in [6.07, 6.45) is 3.79. The number of aliphatic imine (C=N–C) groups is 1. The van der Waals surface area contributed by atoms with Gasteiger partial charge in [-0.25, -0.2) is 5.32 Å². The van der Waals surface area contributed by atoms with Crippen LogP contribution in [-0.4, -0.2) is 35.0 Å². The number of nitrogens with zero attached hydrogens (tertiary/aromatic N) is 5. The minimum absolute atomic E-state index is 0.0688. The van der Waals surface area contributed by atoms with E-state index in [0.29, 0.717) is 11.0 Å². The van der Waals surface area contributed by atoms with Gasteiger partial charge in [-0.05, 0) is 31.2 Å². The van der Waals surface area contributed by atoms with E-state index in [1.165, 1.54) is 0 Å². The molecule has 0 fully saturated rings. The van der Waals surface area contributed by atoms with Crippen LogP contribution in [0.25, 0.3) is 10.8 Å². The number of hydrazone groups is 1. The molecule has 0 saturated heterocycles. The molecule has 0 amide bonds. The first kappa shape index (κ1) is 16.2. The first-order chi connectivity index (χ1) is 13.2. The smallest absolute Gasteiger partial charge is 0.258 e. The van der Waals surface area contributed by atoms with Crippen LogP contribution >= 0.6 is 11.6 Å². The predicted molar refractivity (Wildman–Crippen MR) is 107 cm³/mol. The lowest BCUT2D eigenvalue weighted by Crippen LogP contribution is -2.59. The van der Waals surface area contributed by atoms with E-state index in [1.54, 1.807) is 0 Å². The zero-order valence-corrected chi connectivity index (χ0v) is 15.5. The van der Waals surface area contributed by atoms with Gasteiger partial charge < -0.3 is 0 Å². The van der Waals surface area contributed by atoms with Crippen molar-refractivity contribution in [2.75, 3.05) is 11.9 Å². The van der Waals surface area contributed by atoms with Gasteiger partial charge >= 0.3 is 5.96 Å². The van der Waals surface area contributed by atoms with Crippen molar-refractivity contribution >= 4 is 40.2 Å². The Morgan fingerprint density at radius 2 is 1.96 bits per heavy atom. The summed E-state index contributed by atoms with van der Waals surface area (Å²) in [5, 5.41) is 17.6. The van der Waals surface area contributed by atoms with Crippen molar-refractivity contribution in [3.05, 3.63) is 65.4 Å². The molecular weight excluding hydrogens is 360 g/mol. The summed E-state index contributed by atoms with van der Waals surface area (Å²) < 4.78 is 1.89. The zero-order chi connectivity index (χ0) is 18.4. The molecule has 0 saturated carbocycles. The molecule has 3 heterocycles. The molecule has 5 rings (SSSR count). The Morgan fingerprint density at radius 3 is 2.78 bits per heavy atom. The number of rotatable bonds is 2. The molecule has 0 bridgehead atoms. The summed E-state index contributed by atoms with van der Waals surface area (Å²) in [7, 11) is 0. The Kier molecular flexibility index (Phi) is 3.79. The molecule has 0 spiro atoms. The van der Waals surface area contributed by atoms with Crippen molar-refractivity contribution in [1.82, 2.24) is 10.1 Å². The van der Waals surface area contributed by atoms with Crippen LogP contribution in [0.15, 0.2) is 64.8 Å². The van der Waals surface area contributed by atoms with Crippen molar-refractivity contribution in [2.45, 2.75) is 19.0 Å². The maximum absolute atomic E-state index is 6.01. The lowest BCUT2D eigenvalue weighted by molar-refractivity contribution is -0.632. The molecule has 0 radical (unpaired) electrons. The number of likely N-dealkylation sites (N-methyl/N-ethyl adjacent to an activating group) is 1. The van der Waals surface area contributed by atoms with E-state index in [1.807, 2.05) is 52.4 Å². The van der Waals surface area contributed by atoms with Crippen molar-refractivity contribution in [1.29, 1.82) is 0 Å². The van der Waals surface area contributed by atoms with Crippen LogP contribution in [0.5, 0.6) is 0 Å². The lowest BCUT2D eigenvalue weighted by atomic mass is 9.97. The molecule has 2 aliphatic rings. The van der Waals surface area contributed by atoms with Gasteiger partial charge in [-0.15, -0.1) is 9.78 Å². The summed E-state index contributed by atoms with van der Waals surface area (Å²) in [6.45, 7) is 2.89. The summed E-state index contributed by atoms with van der Waals surface area (Å²) in [4.78, 5) is 4.94. The van der Waals surface area contributed by atoms with Crippen LogP contribution < -0.4 is 10.00 Å². The third-order valence-corrected chi connectivity index (χ3v) is 5.23. The van der Waals surface area contributed by atoms with Crippen LogP contribution in [0.3, 0.4) is 0 Å². The first-order valence-corrected chi connectivity index (χ1v) is 9.34. The molecule has 6 nitrogen and oxygen atoms in total. The van der Waals surface area contributed by atoms with E-state index in [9.17, 15) is 0 Å². The SMILES string of the molecule is CCN1N=CC2c3c4ccccc4cn[n+]3C(Nc3ccc(Cl)cc3)=NC21. The summed E-state index contributed by atoms with van der Waals surface area (Å²) in [5.74, 6) is 0.752. The van der Waals surface area contributed by atoms with Gasteiger partial charge in [-0.1, -0.05) is 40.9 Å². The van der Waals surface area contributed by atoms with Gasteiger partial charge in [0, 0.05) is 28.6 Å². The van der Waals surface area contributed by atoms with Gasteiger partial charge in [-0.2, -0.15) is 5.10 Å². The maximum atomic E-state index is 6.01. The molecular formula is C20H18ClN6+. The monoisotopic (exact) mass is 377 g/mol. The normalized spacial score (nSPS) is 20.4. The molecule has 27 heavy (non-hydrogen) atoms. The number of nitrogens with one attached hydrogen (secondary N) is 1. The van der Waals surface area contributed by atoms with Crippen LogP contribution in [-0.2, 0) is 0 Å². The average molecular weight is 378 g/mol. The highest BCUT2D eigenvalue weighted by Gasteiger charge is 2.44. The topological polar surface area (TPSA) is 56.8 Å². The van der Waals surface area contributed by atoms with Gasteiger partial charge in [-0.3, -0.25) is 5.01 Å².